The molecule has 0 aliphatic heterocycles. The predicted octanol–water partition coefficient (Wildman–Crippen LogP) is 6.10. The summed E-state index contributed by atoms with van der Waals surface area (Å²) in [6.45, 7) is 5.02. The van der Waals surface area contributed by atoms with E-state index in [0.717, 1.165) is 9.87 Å². The lowest BCUT2D eigenvalue weighted by Gasteiger charge is -2.35. The highest BCUT2D eigenvalue weighted by Crippen LogP contribution is 2.32. The molecule has 0 aromatic heterocycles. The lowest BCUT2D eigenvalue weighted by molar-refractivity contribution is -0.140. The minimum atomic E-state index is -4.24. The lowest BCUT2D eigenvalue weighted by atomic mass is 10.0. The lowest BCUT2D eigenvalue weighted by Crippen LogP contribution is -2.56. The Balaban J connectivity index is 1.84. The van der Waals surface area contributed by atoms with Crippen LogP contribution in [0.1, 0.15) is 31.9 Å². The molecule has 1 unspecified atom stereocenters. The quantitative estimate of drug-likeness (QED) is 0.201. The minimum absolute atomic E-state index is 0.0106. The number of hydrogen-bond donors (Lipinski definition) is 1. The number of halogens is 1. The summed E-state index contributed by atoms with van der Waals surface area (Å²) in [7, 11) is -2.81. The number of methoxy groups -OCH3 is 1. The van der Waals surface area contributed by atoms with Crippen LogP contribution in [0.15, 0.2) is 114 Å². The van der Waals surface area contributed by atoms with Gasteiger partial charge in [-0.05, 0) is 68.3 Å². The standard InChI is InChI=1S/C35H38ClN3O5S/c1-35(2,3)37-34(41)31(23-26-14-7-5-8-15-26)38(24-27-16-13-17-28(36)22-27)33(40)25-39(30-20-11-12-21-32(30)44-4)45(42,43)29-18-9-6-10-19-29/h5-22,31H,23-25H2,1-4H3,(H,37,41). The van der Waals surface area contributed by atoms with Crippen LogP contribution >= 0.6 is 11.6 Å². The van der Waals surface area contributed by atoms with Crippen molar-refractivity contribution < 1.29 is 22.7 Å². The average molecular weight is 648 g/mol. The van der Waals surface area contributed by atoms with Crippen LogP contribution in [-0.2, 0) is 32.6 Å². The van der Waals surface area contributed by atoms with Crippen molar-refractivity contribution in [3.8, 4) is 5.75 Å². The van der Waals surface area contributed by atoms with E-state index in [9.17, 15) is 18.0 Å². The largest absolute Gasteiger partial charge is 0.495 e. The summed E-state index contributed by atoms with van der Waals surface area (Å²) >= 11 is 6.31. The van der Waals surface area contributed by atoms with Crippen molar-refractivity contribution >= 4 is 39.1 Å². The molecule has 0 aliphatic rings. The number of hydrogen-bond acceptors (Lipinski definition) is 5. The number of benzene rings is 4. The predicted molar refractivity (Wildman–Crippen MR) is 178 cm³/mol. The van der Waals surface area contributed by atoms with Crippen molar-refractivity contribution in [3.63, 3.8) is 0 Å². The Bertz CT molecular complexity index is 1710. The van der Waals surface area contributed by atoms with Gasteiger partial charge in [0, 0.05) is 23.5 Å². The maximum atomic E-state index is 14.6. The van der Waals surface area contributed by atoms with Crippen molar-refractivity contribution in [3.05, 3.63) is 125 Å². The summed E-state index contributed by atoms with van der Waals surface area (Å²) in [6, 6.07) is 29.9. The number of nitrogens with zero attached hydrogens (tertiary/aromatic N) is 2. The van der Waals surface area contributed by atoms with Crippen LogP contribution in [0.4, 0.5) is 5.69 Å². The first kappa shape index (κ1) is 33.6. The first-order valence-corrected chi connectivity index (χ1v) is 16.3. The van der Waals surface area contributed by atoms with Crippen LogP contribution in [0.5, 0.6) is 5.75 Å². The molecule has 8 nitrogen and oxygen atoms in total. The molecule has 1 N–H and O–H groups in total. The maximum Gasteiger partial charge on any atom is 0.264 e. The zero-order valence-electron chi connectivity index (χ0n) is 25.8. The van der Waals surface area contributed by atoms with E-state index in [1.165, 1.54) is 24.1 Å². The van der Waals surface area contributed by atoms with E-state index in [-0.39, 0.29) is 35.2 Å². The second-order valence-corrected chi connectivity index (χ2v) is 13.9. The number of sulfonamides is 1. The van der Waals surface area contributed by atoms with Gasteiger partial charge in [-0.3, -0.25) is 13.9 Å². The average Bonchev–Trinajstić information content (AvgIpc) is 3.01. The van der Waals surface area contributed by atoms with Gasteiger partial charge in [-0.1, -0.05) is 84.4 Å². The van der Waals surface area contributed by atoms with Gasteiger partial charge in [0.05, 0.1) is 17.7 Å². The van der Waals surface area contributed by atoms with Gasteiger partial charge in [0.1, 0.15) is 18.3 Å². The van der Waals surface area contributed by atoms with Crippen LogP contribution in [0, 0.1) is 0 Å². The smallest absolute Gasteiger partial charge is 0.264 e. The second kappa shape index (κ2) is 14.6. The third-order valence-corrected chi connectivity index (χ3v) is 8.98. The van der Waals surface area contributed by atoms with E-state index in [1.807, 2.05) is 57.2 Å². The summed E-state index contributed by atoms with van der Waals surface area (Å²) in [6.07, 6.45) is 0.204. The van der Waals surface area contributed by atoms with E-state index in [1.54, 1.807) is 60.7 Å². The van der Waals surface area contributed by atoms with E-state index in [4.69, 9.17) is 16.3 Å². The van der Waals surface area contributed by atoms with Crippen LogP contribution in [0.3, 0.4) is 0 Å². The number of para-hydroxylation sites is 2. The molecule has 4 aromatic rings. The topological polar surface area (TPSA) is 96.0 Å². The molecule has 4 aromatic carbocycles. The number of carbonyl (C=O) groups is 2. The van der Waals surface area contributed by atoms with Crippen molar-refractivity contribution in [1.82, 2.24) is 10.2 Å². The van der Waals surface area contributed by atoms with E-state index < -0.39 is 34.1 Å². The van der Waals surface area contributed by atoms with E-state index in [0.29, 0.717) is 10.6 Å². The molecule has 2 amide bonds. The normalized spacial score (nSPS) is 12.2. The molecule has 10 heteroatoms. The molecule has 0 saturated carbocycles. The van der Waals surface area contributed by atoms with Crippen molar-refractivity contribution in [2.24, 2.45) is 0 Å². The monoisotopic (exact) mass is 647 g/mol. The number of rotatable bonds is 12. The molecule has 4 rings (SSSR count). The Labute approximate surface area is 270 Å². The first-order valence-electron chi connectivity index (χ1n) is 14.5. The third kappa shape index (κ3) is 8.86. The highest BCUT2D eigenvalue weighted by Gasteiger charge is 2.36. The van der Waals surface area contributed by atoms with Gasteiger partial charge in [-0.2, -0.15) is 0 Å². The molecule has 0 fully saturated rings. The number of ether oxygens (including phenoxy) is 1. The molecule has 0 bridgehead atoms. The maximum absolute atomic E-state index is 14.6. The van der Waals surface area contributed by atoms with Gasteiger partial charge < -0.3 is 15.0 Å². The van der Waals surface area contributed by atoms with Gasteiger partial charge in [-0.25, -0.2) is 8.42 Å². The molecule has 0 aliphatic carbocycles. The first-order chi connectivity index (χ1) is 21.4. The van der Waals surface area contributed by atoms with Gasteiger partial charge in [0.15, 0.2) is 0 Å². The van der Waals surface area contributed by atoms with E-state index >= 15 is 0 Å². The molecule has 0 heterocycles. The van der Waals surface area contributed by atoms with Crippen molar-refractivity contribution in [2.75, 3.05) is 18.0 Å². The number of anilines is 1. The van der Waals surface area contributed by atoms with Crippen LogP contribution < -0.4 is 14.4 Å². The molecule has 45 heavy (non-hydrogen) atoms. The second-order valence-electron chi connectivity index (χ2n) is 11.6. The minimum Gasteiger partial charge on any atom is -0.495 e. The summed E-state index contributed by atoms with van der Waals surface area (Å²) in [4.78, 5) is 30.0. The Morgan fingerprint density at radius 2 is 1.44 bits per heavy atom. The molecule has 236 valence electrons. The zero-order valence-corrected chi connectivity index (χ0v) is 27.4. The number of carbonyl (C=O) groups excluding carboxylic acids is 2. The highest BCUT2D eigenvalue weighted by atomic mass is 35.5. The summed E-state index contributed by atoms with van der Waals surface area (Å²) in [5, 5.41) is 3.49. The molecule has 0 radical (unpaired) electrons. The van der Waals surface area contributed by atoms with Gasteiger partial charge in [0.25, 0.3) is 10.0 Å². The fourth-order valence-corrected chi connectivity index (χ4v) is 6.57. The van der Waals surface area contributed by atoms with Crippen LogP contribution in [-0.4, -0.2) is 50.4 Å². The van der Waals surface area contributed by atoms with Gasteiger partial charge in [0.2, 0.25) is 11.8 Å². The molecule has 0 saturated heterocycles. The molecular formula is C35H38ClN3O5S. The fraction of sp³-hybridized carbons (Fsp3) is 0.257. The van der Waals surface area contributed by atoms with Crippen molar-refractivity contribution in [1.29, 1.82) is 0 Å². The molecule has 0 spiro atoms. The highest BCUT2D eigenvalue weighted by molar-refractivity contribution is 7.92. The summed E-state index contributed by atoms with van der Waals surface area (Å²) < 4.78 is 34.8. The number of amides is 2. The van der Waals surface area contributed by atoms with Gasteiger partial charge in [-0.15, -0.1) is 0 Å². The Morgan fingerprint density at radius 3 is 2.07 bits per heavy atom. The van der Waals surface area contributed by atoms with Crippen LogP contribution in [0.2, 0.25) is 5.02 Å². The summed E-state index contributed by atoms with van der Waals surface area (Å²) in [5.41, 5.74) is 1.14. The fourth-order valence-electron chi connectivity index (χ4n) is 4.91. The third-order valence-electron chi connectivity index (χ3n) is 6.98. The van der Waals surface area contributed by atoms with E-state index in [2.05, 4.69) is 5.32 Å². The molecular weight excluding hydrogens is 610 g/mol. The van der Waals surface area contributed by atoms with Crippen molar-refractivity contribution in [2.45, 2.75) is 50.2 Å². The Morgan fingerprint density at radius 1 is 0.844 bits per heavy atom. The number of nitrogens with one attached hydrogen (secondary N) is 1. The summed E-state index contributed by atoms with van der Waals surface area (Å²) in [5.74, 6) is -0.667. The SMILES string of the molecule is COc1ccccc1N(CC(=O)N(Cc1cccc(Cl)c1)C(Cc1ccccc1)C(=O)NC(C)(C)C)S(=O)(=O)c1ccccc1. The zero-order chi connectivity index (χ0) is 32.6. The Kier molecular flexibility index (Phi) is 10.9. The molecule has 1 atom stereocenters. The van der Waals surface area contributed by atoms with Crippen LogP contribution in [0.25, 0.3) is 0 Å². The Hall–Kier alpha value is -4.34. The van der Waals surface area contributed by atoms with Gasteiger partial charge >= 0.3 is 0 Å².